The van der Waals surface area contributed by atoms with E-state index >= 15 is 0 Å². The van der Waals surface area contributed by atoms with Crippen LogP contribution >= 0.6 is 0 Å². The zero-order valence-electron chi connectivity index (χ0n) is 17.4. The second-order valence-corrected chi connectivity index (χ2v) is 8.21. The molecule has 1 heterocycles. The van der Waals surface area contributed by atoms with Crippen molar-refractivity contribution in [2.45, 2.75) is 53.6 Å². The van der Waals surface area contributed by atoms with Crippen LogP contribution in [0.4, 0.5) is 5.69 Å². The number of nitro benzene ring substituents is 1. The molecule has 2 N–H and O–H groups in total. The van der Waals surface area contributed by atoms with Crippen molar-refractivity contribution in [1.82, 2.24) is 5.32 Å². The van der Waals surface area contributed by atoms with Crippen LogP contribution in [0.5, 0.6) is 0 Å². The Morgan fingerprint density at radius 1 is 1.21 bits per heavy atom. The van der Waals surface area contributed by atoms with E-state index in [1.54, 1.807) is 26.8 Å². The van der Waals surface area contributed by atoms with Gasteiger partial charge in [-0.25, -0.2) is 9.59 Å². The number of nitrogens with one attached hydrogen (secondary N) is 1. The summed E-state index contributed by atoms with van der Waals surface area (Å²) in [4.78, 5) is 35.7. The largest absolute Gasteiger partial charge is 0.478 e. The fourth-order valence-electron chi connectivity index (χ4n) is 3.10. The Balaban J connectivity index is 2.62. The summed E-state index contributed by atoms with van der Waals surface area (Å²) in [5.74, 6) is -2.86. The number of nitro groups is 1. The molecule has 0 saturated heterocycles. The zero-order chi connectivity index (χ0) is 22.1. The van der Waals surface area contributed by atoms with E-state index < -0.39 is 28.9 Å². The first-order chi connectivity index (χ1) is 13.3. The minimum Gasteiger partial charge on any atom is -0.478 e. The quantitative estimate of drug-likeness (QED) is 0.435. The minimum atomic E-state index is -1.21. The molecule has 2 unspecified atom stereocenters. The third kappa shape index (κ3) is 4.64. The van der Waals surface area contributed by atoms with Crippen LogP contribution in [0.3, 0.4) is 0 Å². The molecule has 1 aromatic rings. The summed E-state index contributed by atoms with van der Waals surface area (Å²) < 4.78 is 5.63. The third-order valence-corrected chi connectivity index (χ3v) is 5.13. The van der Waals surface area contributed by atoms with Gasteiger partial charge in [0.2, 0.25) is 0 Å². The van der Waals surface area contributed by atoms with Crippen LogP contribution in [0.1, 0.15) is 53.0 Å². The molecule has 0 aromatic heterocycles. The molecule has 0 bridgehead atoms. The highest BCUT2D eigenvalue weighted by molar-refractivity contribution is 5.99. The van der Waals surface area contributed by atoms with Gasteiger partial charge in [-0.05, 0) is 31.7 Å². The number of esters is 1. The van der Waals surface area contributed by atoms with Crippen LogP contribution in [0, 0.1) is 15.5 Å². The van der Waals surface area contributed by atoms with Crippen LogP contribution < -0.4 is 5.32 Å². The molecule has 0 amide bonds. The van der Waals surface area contributed by atoms with E-state index in [4.69, 9.17) is 4.74 Å². The Labute approximate surface area is 169 Å². The van der Waals surface area contributed by atoms with Gasteiger partial charge in [0.05, 0.1) is 22.0 Å². The maximum Gasteiger partial charge on any atom is 0.337 e. The van der Waals surface area contributed by atoms with Crippen LogP contribution in [-0.2, 0) is 14.3 Å². The SMILES string of the molecule is CC1=C(C(=O)O)C(c2cccc([N+](=O)[O-])c2)C(C(=O)OC(C)C(C)(C)C)=C(C)N1. The molecule has 2 rings (SSSR count). The predicted molar refractivity (Wildman–Crippen MR) is 107 cm³/mol. The number of non-ortho nitro benzene ring substituents is 1. The number of rotatable bonds is 5. The summed E-state index contributed by atoms with van der Waals surface area (Å²) in [6, 6.07) is 5.66. The van der Waals surface area contributed by atoms with Gasteiger partial charge in [-0.2, -0.15) is 0 Å². The molecule has 8 nitrogen and oxygen atoms in total. The zero-order valence-corrected chi connectivity index (χ0v) is 17.4. The lowest BCUT2D eigenvalue weighted by Crippen LogP contribution is -2.35. The van der Waals surface area contributed by atoms with Crippen LogP contribution in [-0.4, -0.2) is 28.1 Å². The number of carbonyl (C=O) groups excluding carboxylic acids is 1. The number of carboxylic acids is 1. The fraction of sp³-hybridized carbons (Fsp3) is 0.429. The molecule has 0 saturated carbocycles. The molecule has 0 radical (unpaired) electrons. The Bertz CT molecular complexity index is 923. The number of aliphatic carboxylic acids is 1. The summed E-state index contributed by atoms with van der Waals surface area (Å²) in [7, 11) is 0. The lowest BCUT2D eigenvalue weighted by molar-refractivity contribution is -0.384. The van der Waals surface area contributed by atoms with Gasteiger partial charge < -0.3 is 15.2 Å². The average molecular weight is 402 g/mol. The topological polar surface area (TPSA) is 119 Å². The van der Waals surface area contributed by atoms with Crippen molar-refractivity contribution in [3.05, 3.63) is 62.5 Å². The van der Waals surface area contributed by atoms with Gasteiger partial charge in [0.15, 0.2) is 0 Å². The number of benzene rings is 1. The van der Waals surface area contributed by atoms with Crippen molar-refractivity contribution >= 4 is 17.6 Å². The van der Waals surface area contributed by atoms with Crippen molar-refractivity contribution in [1.29, 1.82) is 0 Å². The molecule has 1 aromatic carbocycles. The van der Waals surface area contributed by atoms with Gasteiger partial charge in [-0.3, -0.25) is 10.1 Å². The molecular formula is C21H26N2O6. The van der Waals surface area contributed by atoms with Crippen LogP contribution in [0.2, 0.25) is 0 Å². The molecular weight excluding hydrogens is 376 g/mol. The highest BCUT2D eigenvalue weighted by Gasteiger charge is 2.39. The number of ether oxygens (including phenoxy) is 1. The highest BCUT2D eigenvalue weighted by Crippen LogP contribution is 2.40. The summed E-state index contributed by atoms with van der Waals surface area (Å²) in [5.41, 5.74) is 0.747. The number of carboxylic acid groups (broad SMARTS) is 1. The Morgan fingerprint density at radius 2 is 1.79 bits per heavy atom. The molecule has 8 heteroatoms. The maximum absolute atomic E-state index is 13.1. The third-order valence-electron chi connectivity index (χ3n) is 5.13. The second kappa shape index (κ2) is 8.06. The van der Waals surface area contributed by atoms with Gasteiger partial charge in [0, 0.05) is 23.5 Å². The smallest absolute Gasteiger partial charge is 0.337 e. The van der Waals surface area contributed by atoms with E-state index in [-0.39, 0.29) is 22.2 Å². The van der Waals surface area contributed by atoms with E-state index in [9.17, 15) is 24.8 Å². The van der Waals surface area contributed by atoms with E-state index in [1.807, 2.05) is 20.8 Å². The lowest BCUT2D eigenvalue weighted by Gasteiger charge is -2.32. The molecule has 156 valence electrons. The minimum absolute atomic E-state index is 0.0496. The van der Waals surface area contributed by atoms with Crippen LogP contribution in [0.25, 0.3) is 0 Å². The molecule has 29 heavy (non-hydrogen) atoms. The highest BCUT2D eigenvalue weighted by atomic mass is 16.6. The Kier molecular flexibility index (Phi) is 6.15. The predicted octanol–water partition coefficient (Wildman–Crippen LogP) is 3.89. The Hall–Kier alpha value is -3.16. The van der Waals surface area contributed by atoms with Gasteiger partial charge >= 0.3 is 11.9 Å². The van der Waals surface area contributed by atoms with Crippen molar-refractivity contribution in [3.63, 3.8) is 0 Å². The molecule has 0 fully saturated rings. The molecule has 1 aliphatic rings. The van der Waals surface area contributed by atoms with Gasteiger partial charge in [0.25, 0.3) is 5.69 Å². The summed E-state index contributed by atoms with van der Waals surface area (Å²) >= 11 is 0. The Morgan fingerprint density at radius 3 is 2.31 bits per heavy atom. The van der Waals surface area contributed by atoms with E-state index in [0.717, 1.165) is 0 Å². The average Bonchev–Trinajstić information content (AvgIpc) is 2.59. The monoisotopic (exact) mass is 402 g/mol. The molecule has 0 spiro atoms. The van der Waals surface area contributed by atoms with E-state index in [0.29, 0.717) is 17.0 Å². The lowest BCUT2D eigenvalue weighted by atomic mass is 9.80. The maximum atomic E-state index is 13.1. The standard InChI is InChI=1S/C21H26N2O6/c1-11-16(19(24)25)18(14-8-7-9-15(10-14)23(27)28)17(12(2)22-11)20(26)29-13(3)21(4,5)6/h7-10,13,18,22H,1-6H3,(H,24,25). The van der Waals surface area contributed by atoms with Crippen molar-refractivity contribution in [2.24, 2.45) is 5.41 Å². The van der Waals surface area contributed by atoms with Crippen molar-refractivity contribution < 1.29 is 24.4 Å². The molecule has 0 aliphatic carbocycles. The normalized spacial score (nSPS) is 18.2. The first-order valence-electron chi connectivity index (χ1n) is 9.21. The number of hydrogen-bond acceptors (Lipinski definition) is 6. The summed E-state index contributed by atoms with van der Waals surface area (Å²) in [6.07, 6.45) is -0.429. The summed E-state index contributed by atoms with van der Waals surface area (Å²) in [6.45, 7) is 10.8. The number of allylic oxidation sites excluding steroid dienone is 2. The second-order valence-electron chi connectivity index (χ2n) is 8.21. The summed E-state index contributed by atoms with van der Waals surface area (Å²) in [5, 5.41) is 24.0. The number of hydrogen-bond donors (Lipinski definition) is 2. The van der Waals surface area contributed by atoms with E-state index in [2.05, 4.69) is 5.32 Å². The fourth-order valence-corrected chi connectivity index (χ4v) is 3.10. The van der Waals surface area contributed by atoms with Crippen molar-refractivity contribution in [2.75, 3.05) is 0 Å². The van der Waals surface area contributed by atoms with E-state index in [1.165, 1.54) is 18.2 Å². The van der Waals surface area contributed by atoms with Crippen LogP contribution in [0.15, 0.2) is 46.8 Å². The molecule has 2 atom stereocenters. The van der Waals surface area contributed by atoms with Gasteiger partial charge in [-0.15, -0.1) is 0 Å². The number of nitrogens with zero attached hydrogens (tertiary/aromatic N) is 1. The van der Waals surface area contributed by atoms with Crippen molar-refractivity contribution in [3.8, 4) is 0 Å². The first kappa shape index (κ1) is 22.1. The van der Waals surface area contributed by atoms with Gasteiger partial charge in [-0.1, -0.05) is 32.9 Å². The van der Waals surface area contributed by atoms with Gasteiger partial charge in [0.1, 0.15) is 6.10 Å². The number of dihydropyridines is 1. The number of carbonyl (C=O) groups is 2. The first-order valence-corrected chi connectivity index (χ1v) is 9.21. The molecule has 1 aliphatic heterocycles.